The first-order valence-electron chi connectivity index (χ1n) is 18.4. The summed E-state index contributed by atoms with van der Waals surface area (Å²) in [6.45, 7) is 14.3. The fourth-order valence-corrected chi connectivity index (χ4v) is 8.23. The van der Waals surface area contributed by atoms with Crippen LogP contribution in [0.15, 0.2) is 30.3 Å². The Balaban J connectivity index is 1.73. The van der Waals surface area contributed by atoms with Crippen molar-refractivity contribution in [3.63, 3.8) is 0 Å². The molecule has 1 aromatic rings. The first kappa shape index (κ1) is 41.1. The molecule has 3 aliphatic rings. The van der Waals surface area contributed by atoms with Gasteiger partial charge in [0, 0.05) is 38.1 Å². The third-order valence-electron chi connectivity index (χ3n) is 11.2. The zero-order chi connectivity index (χ0) is 37.0. The van der Waals surface area contributed by atoms with E-state index in [2.05, 4.69) is 29.7 Å². The van der Waals surface area contributed by atoms with Gasteiger partial charge in [-0.05, 0) is 79.1 Å². The van der Waals surface area contributed by atoms with Crippen molar-refractivity contribution in [2.24, 2.45) is 17.8 Å². The predicted octanol–water partition coefficient (Wildman–Crippen LogP) is 2.46. The minimum Gasteiger partial charge on any atom is -0.387 e. The Morgan fingerprint density at radius 2 is 1.66 bits per heavy atom. The van der Waals surface area contributed by atoms with Crippen LogP contribution in [0.4, 0.5) is 0 Å². The van der Waals surface area contributed by atoms with Crippen LogP contribution in [0.25, 0.3) is 0 Å². The van der Waals surface area contributed by atoms with Gasteiger partial charge in [-0.3, -0.25) is 4.79 Å². The lowest BCUT2D eigenvalue weighted by atomic mass is 9.77. The van der Waals surface area contributed by atoms with Crippen LogP contribution in [0.5, 0.6) is 0 Å². The van der Waals surface area contributed by atoms with E-state index >= 15 is 0 Å². The molecule has 3 heterocycles. The highest BCUT2D eigenvalue weighted by Crippen LogP contribution is 2.39. The summed E-state index contributed by atoms with van der Waals surface area (Å²) >= 11 is 0. The van der Waals surface area contributed by atoms with E-state index in [0.717, 1.165) is 5.56 Å². The summed E-state index contributed by atoms with van der Waals surface area (Å²) in [5.41, 5.74) is -1.24. The highest BCUT2D eigenvalue weighted by atomic mass is 16.7. The second kappa shape index (κ2) is 17.4. The molecule has 286 valence electrons. The standard InChI is InChI=1S/C38H65N3O9/c1-22-18-37(6,45)34(50-36-31(42)29(41(8)9)16-23(2)47-36)24(3)32(49-30-19-38(7,46-10)33(43)26(5)48-30)25(4)35(44)40-28(21-39-20-22)17-27-14-12-11-13-15-27/h11-15,22-26,28-34,36,39,42-43,45H,16-21H2,1-10H3,(H,40,44)/t22-,23-,24+,25-,26+,28?,29+,30+,31-,32+,33+,34-,36+,37-,38-/m1/s1. The molecule has 1 amide bonds. The van der Waals surface area contributed by atoms with Crippen LogP contribution in [0.2, 0.25) is 0 Å². The Morgan fingerprint density at radius 3 is 2.30 bits per heavy atom. The maximum atomic E-state index is 14.3. The molecular formula is C38H65N3O9. The Bertz CT molecular complexity index is 1210. The van der Waals surface area contributed by atoms with Crippen LogP contribution in [-0.2, 0) is 34.9 Å². The average Bonchev–Trinajstić information content (AvgIpc) is 3.05. The Labute approximate surface area is 299 Å². The second-order valence-electron chi connectivity index (χ2n) is 16.0. The van der Waals surface area contributed by atoms with Crippen molar-refractivity contribution in [2.75, 3.05) is 34.3 Å². The fourth-order valence-electron chi connectivity index (χ4n) is 8.23. The number of carbonyl (C=O) groups is 1. The quantitative estimate of drug-likeness (QED) is 0.271. The molecule has 5 N–H and O–H groups in total. The van der Waals surface area contributed by atoms with E-state index in [9.17, 15) is 20.1 Å². The second-order valence-corrected chi connectivity index (χ2v) is 16.0. The van der Waals surface area contributed by atoms with Crippen LogP contribution < -0.4 is 10.6 Å². The molecular weight excluding hydrogens is 642 g/mol. The minimum absolute atomic E-state index is 0.0333. The molecule has 3 aliphatic heterocycles. The lowest BCUT2D eigenvalue weighted by Crippen LogP contribution is -2.60. The number of aliphatic hydroxyl groups is 3. The summed E-state index contributed by atoms with van der Waals surface area (Å²) in [6.07, 6.45) is -4.36. The number of nitrogens with one attached hydrogen (secondary N) is 2. The number of nitrogens with zero attached hydrogens (tertiary/aromatic N) is 1. The maximum Gasteiger partial charge on any atom is 0.225 e. The van der Waals surface area contributed by atoms with Gasteiger partial charge in [-0.2, -0.15) is 0 Å². The SMILES string of the molecule is CO[C@]1(C)C[C@H](O[C@H]2[C@H](C)[C@@H](O[C@@H]3O[C@H](C)C[C@H](N(C)C)[C@H]3O)[C@](C)(O)C[C@@H](C)CNCC(Cc3ccccc3)NC(=O)[C@@H]2C)O[C@@H](C)[C@@H]1O. The molecule has 0 aliphatic carbocycles. The van der Waals surface area contributed by atoms with Gasteiger partial charge < -0.3 is 54.5 Å². The van der Waals surface area contributed by atoms with Crippen LogP contribution in [0.3, 0.4) is 0 Å². The predicted molar refractivity (Wildman–Crippen MR) is 190 cm³/mol. The topological polar surface area (TPSA) is 151 Å². The van der Waals surface area contributed by atoms with E-state index < -0.39 is 66.1 Å². The number of hydrogen-bond donors (Lipinski definition) is 5. The number of benzene rings is 1. The maximum absolute atomic E-state index is 14.3. The van der Waals surface area contributed by atoms with E-state index in [-0.39, 0.29) is 36.4 Å². The molecule has 0 aromatic heterocycles. The molecule has 1 unspecified atom stereocenters. The van der Waals surface area contributed by atoms with Crippen molar-refractivity contribution in [2.45, 2.75) is 147 Å². The van der Waals surface area contributed by atoms with E-state index in [1.807, 2.05) is 64.9 Å². The molecule has 12 nitrogen and oxygen atoms in total. The van der Waals surface area contributed by atoms with Crippen LogP contribution >= 0.6 is 0 Å². The molecule has 1 aromatic carbocycles. The number of amides is 1. The number of methoxy groups -OCH3 is 1. The van der Waals surface area contributed by atoms with Crippen molar-refractivity contribution in [3.8, 4) is 0 Å². The fraction of sp³-hybridized carbons (Fsp3) is 0.816. The number of ether oxygens (including phenoxy) is 5. The van der Waals surface area contributed by atoms with Crippen LogP contribution in [0.1, 0.15) is 73.3 Å². The Hall–Kier alpha value is -1.71. The molecule has 0 radical (unpaired) electrons. The van der Waals surface area contributed by atoms with Gasteiger partial charge in [0.25, 0.3) is 0 Å². The molecule has 50 heavy (non-hydrogen) atoms. The highest BCUT2D eigenvalue weighted by molar-refractivity contribution is 5.79. The van der Waals surface area contributed by atoms with Gasteiger partial charge in [-0.15, -0.1) is 0 Å². The van der Waals surface area contributed by atoms with Gasteiger partial charge >= 0.3 is 0 Å². The van der Waals surface area contributed by atoms with Crippen molar-refractivity contribution < 1.29 is 43.8 Å². The summed E-state index contributed by atoms with van der Waals surface area (Å²) in [5, 5.41) is 41.6. The number of carbonyl (C=O) groups excluding carboxylic acids is 1. The van der Waals surface area contributed by atoms with Crippen molar-refractivity contribution >= 4 is 5.91 Å². The van der Waals surface area contributed by atoms with Gasteiger partial charge in [0.15, 0.2) is 12.6 Å². The van der Waals surface area contributed by atoms with Crippen LogP contribution in [-0.4, -0.2) is 133 Å². The van der Waals surface area contributed by atoms with E-state index in [1.54, 1.807) is 21.0 Å². The zero-order valence-electron chi connectivity index (χ0n) is 31.9. The highest BCUT2D eigenvalue weighted by Gasteiger charge is 2.51. The largest absolute Gasteiger partial charge is 0.387 e. The molecule has 4 rings (SSSR count). The number of likely N-dealkylation sites (N-methyl/N-ethyl adjacent to an activating group) is 1. The molecule has 0 bridgehead atoms. The summed E-state index contributed by atoms with van der Waals surface area (Å²) in [6, 6.07) is 9.66. The average molecular weight is 708 g/mol. The molecule has 3 fully saturated rings. The third-order valence-corrected chi connectivity index (χ3v) is 11.2. The Morgan fingerprint density at radius 1 is 0.980 bits per heavy atom. The van der Waals surface area contributed by atoms with Crippen LogP contribution in [0, 0.1) is 17.8 Å². The number of aliphatic hydroxyl groups excluding tert-OH is 2. The Kier molecular flexibility index (Phi) is 14.3. The monoisotopic (exact) mass is 707 g/mol. The van der Waals surface area contributed by atoms with Gasteiger partial charge in [0.1, 0.15) is 12.2 Å². The van der Waals surface area contributed by atoms with Crippen molar-refractivity contribution in [1.29, 1.82) is 0 Å². The molecule has 15 atom stereocenters. The van der Waals surface area contributed by atoms with Gasteiger partial charge in [0.05, 0.1) is 41.5 Å². The van der Waals surface area contributed by atoms with Crippen molar-refractivity contribution in [3.05, 3.63) is 35.9 Å². The molecule has 12 heteroatoms. The summed E-state index contributed by atoms with van der Waals surface area (Å²) in [4.78, 5) is 16.2. The summed E-state index contributed by atoms with van der Waals surface area (Å²) in [7, 11) is 5.39. The zero-order valence-corrected chi connectivity index (χ0v) is 31.9. The molecule has 0 saturated carbocycles. The van der Waals surface area contributed by atoms with Crippen molar-refractivity contribution in [1.82, 2.24) is 15.5 Å². The van der Waals surface area contributed by atoms with Gasteiger partial charge in [-0.25, -0.2) is 0 Å². The summed E-state index contributed by atoms with van der Waals surface area (Å²) < 4.78 is 31.7. The van der Waals surface area contributed by atoms with E-state index in [4.69, 9.17) is 23.7 Å². The molecule has 0 spiro atoms. The lowest BCUT2D eigenvalue weighted by molar-refractivity contribution is -0.317. The normalized spacial score (nSPS) is 44.1. The van der Waals surface area contributed by atoms with E-state index in [0.29, 0.717) is 32.4 Å². The first-order valence-corrected chi connectivity index (χ1v) is 18.4. The first-order chi connectivity index (χ1) is 23.5. The lowest BCUT2D eigenvalue weighted by Gasteiger charge is -2.48. The van der Waals surface area contributed by atoms with Gasteiger partial charge in [0.2, 0.25) is 5.91 Å². The van der Waals surface area contributed by atoms with E-state index in [1.165, 1.54) is 0 Å². The minimum atomic E-state index is -1.41. The molecule has 3 saturated heterocycles. The number of hydrogen-bond acceptors (Lipinski definition) is 11. The smallest absolute Gasteiger partial charge is 0.225 e. The third kappa shape index (κ3) is 10.0. The summed E-state index contributed by atoms with van der Waals surface area (Å²) in [5.74, 6) is -1.48. The van der Waals surface area contributed by atoms with Gasteiger partial charge in [-0.1, -0.05) is 51.1 Å². The number of rotatable bonds is 8.